The summed E-state index contributed by atoms with van der Waals surface area (Å²) in [4.78, 5) is 21.9. The van der Waals surface area contributed by atoms with Crippen molar-refractivity contribution in [1.29, 1.82) is 0 Å². The Morgan fingerprint density at radius 2 is 2.28 bits per heavy atom. The number of nitrogens with zero attached hydrogens (tertiary/aromatic N) is 1. The van der Waals surface area contributed by atoms with Gasteiger partial charge in [-0.05, 0) is 34.5 Å². The zero-order valence-corrected chi connectivity index (χ0v) is 11.4. The Balaban J connectivity index is 2.82. The standard InChI is InChI=1S/C11H14BrN3O3/c1-2-3-9(13)11(16)14-7-4-5-8(12)10(6-7)15(17)18/h4-6,9H,2-3,13H2,1H3,(H,14,16). The third-order valence-electron chi connectivity index (χ3n) is 2.35. The minimum Gasteiger partial charge on any atom is -0.324 e. The number of carbonyl (C=O) groups excluding carboxylic acids is 1. The summed E-state index contributed by atoms with van der Waals surface area (Å²) >= 11 is 3.07. The summed E-state index contributed by atoms with van der Waals surface area (Å²) in [5.41, 5.74) is 5.91. The smallest absolute Gasteiger partial charge is 0.285 e. The van der Waals surface area contributed by atoms with Crippen molar-refractivity contribution in [3.8, 4) is 0 Å². The fourth-order valence-corrected chi connectivity index (χ4v) is 1.80. The van der Waals surface area contributed by atoms with E-state index >= 15 is 0 Å². The average molecular weight is 316 g/mol. The van der Waals surface area contributed by atoms with Gasteiger partial charge in [0.2, 0.25) is 5.91 Å². The van der Waals surface area contributed by atoms with Crippen molar-refractivity contribution >= 4 is 33.2 Å². The van der Waals surface area contributed by atoms with Crippen LogP contribution in [0.15, 0.2) is 22.7 Å². The zero-order valence-electron chi connectivity index (χ0n) is 9.85. The van der Waals surface area contributed by atoms with Crippen LogP contribution < -0.4 is 11.1 Å². The predicted octanol–water partition coefficient (Wildman–Crippen LogP) is 2.42. The van der Waals surface area contributed by atoms with E-state index < -0.39 is 11.0 Å². The molecule has 0 aromatic heterocycles. The van der Waals surface area contributed by atoms with Gasteiger partial charge in [-0.2, -0.15) is 0 Å². The number of nitro benzene ring substituents is 1. The molecule has 0 radical (unpaired) electrons. The van der Waals surface area contributed by atoms with Crippen LogP contribution in [-0.4, -0.2) is 16.9 Å². The third-order valence-corrected chi connectivity index (χ3v) is 3.02. The van der Waals surface area contributed by atoms with Crippen molar-refractivity contribution in [2.24, 2.45) is 5.73 Å². The van der Waals surface area contributed by atoms with Crippen LogP contribution in [0.3, 0.4) is 0 Å². The van der Waals surface area contributed by atoms with E-state index in [0.717, 1.165) is 6.42 Å². The zero-order chi connectivity index (χ0) is 13.7. The molecule has 0 spiro atoms. The van der Waals surface area contributed by atoms with Crippen molar-refractivity contribution in [1.82, 2.24) is 0 Å². The molecule has 0 saturated heterocycles. The van der Waals surface area contributed by atoms with Gasteiger partial charge in [0.25, 0.3) is 5.69 Å². The monoisotopic (exact) mass is 315 g/mol. The minimum absolute atomic E-state index is 0.100. The normalized spacial score (nSPS) is 11.9. The average Bonchev–Trinajstić information content (AvgIpc) is 2.31. The molecule has 0 saturated carbocycles. The predicted molar refractivity (Wildman–Crippen MR) is 72.3 cm³/mol. The third kappa shape index (κ3) is 3.78. The Morgan fingerprint density at radius 3 is 2.83 bits per heavy atom. The molecule has 18 heavy (non-hydrogen) atoms. The molecule has 0 fully saturated rings. The lowest BCUT2D eigenvalue weighted by atomic mass is 10.1. The first kappa shape index (κ1) is 14.6. The Kier molecular flexibility index (Phi) is 5.24. The van der Waals surface area contributed by atoms with E-state index in [-0.39, 0.29) is 11.6 Å². The van der Waals surface area contributed by atoms with Crippen molar-refractivity contribution in [2.75, 3.05) is 5.32 Å². The van der Waals surface area contributed by atoms with Crippen LogP contribution in [0.2, 0.25) is 0 Å². The number of nitrogens with one attached hydrogen (secondary N) is 1. The van der Waals surface area contributed by atoms with Crippen molar-refractivity contribution in [2.45, 2.75) is 25.8 Å². The second kappa shape index (κ2) is 6.46. The molecule has 1 amide bonds. The van der Waals surface area contributed by atoms with Crippen LogP contribution in [0.25, 0.3) is 0 Å². The number of hydrogen-bond donors (Lipinski definition) is 2. The molecule has 0 aliphatic rings. The van der Waals surface area contributed by atoms with Gasteiger partial charge in [0.05, 0.1) is 15.4 Å². The summed E-state index contributed by atoms with van der Waals surface area (Å²) in [7, 11) is 0. The van der Waals surface area contributed by atoms with Crippen molar-refractivity contribution in [3.63, 3.8) is 0 Å². The molecule has 0 aliphatic carbocycles. The maximum atomic E-state index is 11.7. The van der Waals surface area contributed by atoms with Crippen LogP contribution >= 0.6 is 15.9 Å². The van der Waals surface area contributed by atoms with Crippen LogP contribution in [0.4, 0.5) is 11.4 Å². The molecule has 1 unspecified atom stereocenters. The molecule has 0 aliphatic heterocycles. The summed E-state index contributed by atoms with van der Waals surface area (Å²) in [5.74, 6) is -0.339. The molecular formula is C11H14BrN3O3. The molecule has 0 bridgehead atoms. The number of hydrogen-bond acceptors (Lipinski definition) is 4. The van der Waals surface area contributed by atoms with Gasteiger partial charge in [0.15, 0.2) is 0 Å². The van der Waals surface area contributed by atoms with Gasteiger partial charge in [0, 0.05) is 11.8 Å². The lowest BCUT2D eigenvalue weighted by Crippen LogP contribution is -2.35. The highest BCUT2D eigenvalue weighted by molar-refractivity contribution is 9.10. The fourth-order valence-electron chi connectivity index (χ4n) is 1.41. The lowest BCUT2D eigenvalue weighted by Gasteiger charge is -2.11. The van der Waals surface area contributed by atoms with Gasteiger partial charge in [-0.25, -0.2) is 0 Å². The largest absolute Gasteiger partial charge is 0.324 e. The van der Waals surface area contributed by atoms with Crippen LogP contribution in [0.1, 0.15) is 19.8 Å². The van der Waals surface area contributed by atoms with Crippen LogP contribution in [0.5, 0.6) is 0 Å². The highest BCUT2D eigenvalue weighted by atomic mass is 79.9. The second-order valence-corrected chi connectivity index (χ2v) is 4.66. The summed E-state index contributed by atoms with van der Waals surface area (Å²) in [5, 5.41) is 13.3. The Morgan fingerprint density at radius 1 is 1.61 bits per heavy atom. The molecule has 3 N–H and O–H groups in total. The molecule has 1 atom stereocenters. The van der Waals surface area contributed by atoms with E-state index in [9.17, 15) is 14.9 Å². The quantitative estimate of drug-likeness (QED) is 0.644. The van der Waals surface area contributed by atoms with Crippen molar-refractivity contribution in [3.05, 3.63) is 32.8 Å². The number of anilines is 1. The summed E-state index contributed by atoms with van der Waals surface area (Å²) in [6, 6.07) is 3.78. The molecule has 6 nitrogen and oxygen atoms in total. The van der Waals surface area contributed by atoms with Gasteiger partial charge < -0.3 is 11.1 Å². The van der Waals surface area contributed by atoms with E-state index in [1.807, 2.05) is 6.92 Å². The first-order valence-corrected chi connectivity index (χ1v) is 6.25. The van der Waals surface area contributed by atoms with E-state index in [2.05, 4.69) is 21.2 Å². The first-order valence-electron chi connectivity index (χ1n) is 5.46. The Bertz CT molecular complexity index is 465. The van der Waals surface area contributed by atoms with Gasteiger partial charge in [-0.1, -0.05) is 13.3 Å². The topological polar surface area (TPSA) is 98.3 Å². The SMILES string of the molecule is CCCC(N)C(=O)Nc1ccc(Br)c([N+](=O)[O-])c1. The minimum atomic E-state index is -0.599. The molecule has 1 aromatic rings. The molecule has 0 heterocycles. The highest BCUT2D eigenvalue weighted by Crippen LogP contribution is 2.27. The number of amides is 1. The van der Waals surface area contributed by atoms with Gasteiger partial charge in [-0.15, -0.1) is 0 Å². The first-order chi connectivity index (χ1) is 8.45. The highest BCUT2D eigenvalue weighted by Gasteiger charge is 2.16. The Hall–Kier alpha value is -1.47. The van der Waals surface area contributed by atoms with Gasteiger partial charge in [-0.3, -0.25) is 14.9 Å². The second-order valence-electron chi connectivity index (χ2n) is 3.81. The fraction of sp³-hybridized carbons (Fsp3) is 0.364. The Labute approximate surface area is 113 Å². The van der Waals surface area contributed by atoms with Crippen LogP contribution in [-0.2, 0) is 4.79 Å². The van der Waals surface area contributed by atoms with Crippen molar-refractivity contribution < 1.29 is 9.72 Å². The molecule has 7 heteroatoms. The van der Waals surface area contributed by atoms with E-state index in [4.69, 9.17) is 5.73 Å². The van der Waals surface area contributed by atoms with Gasteiger partial charge in [0.1, 0.15) is 0 Å². The number of nitro groups is 1. The van der Waals surface area contributed by atoms with E-state index in [0.29, 0.717) is 16.6 Å². The summed E-state index contributed by atoms with van der Waals surface area (Å²) in [6.45, 7) is 1.93. The lowest BCUT2D eigenvalue weighted by molar-refractivity contribution is -0.385. The number of halogens is 1. The van der Waals surface area contributed by atoms with E-state index in [1.54, 1.807) is 6.07 Å². The number of rotatable bonds is 5. The summed E-state index contributed by atoms with van der Waals surface area (Å²) < 4.78 is 0.364. The molecule has 98 valence electrons. The summed E-state index contributed by atoms with van der Waals surface area (Å²) in [6.07, 6.45) is 1.37. The van der Waals surface area contributed by atoms with Crippen LogP contribution in [0, 0.1) is 10.1 Å². The van der Waals surface area contributed by atoms with Gasteiger partial charge >= 0.3 is 0 Å². The number of benzene rings is 1. The molecule has 1 rings (SSSR count). The van der Waals surface area contributed by atoms with E-state index in [1.165, 1.54) is 12.1 Å². The molecule has 1 aromatic carbocycles. The molecular weight excluding hydrogens is 302 g/mol. The maximum Gasteiger partial charge on any atom is 0.285 e. The number of nitrogens with two attached hydrogens (primary N) is 1. The maximum absolute atomic E-state index is 11.7. The number of carbonyl (C=O) groups is 1.